The highest BCUT2D eigenvalue weighted by Crippen LogP contribution is 2.16. The van der Waals surface area contributed by atoms with Crippen LogP contribution in [0.5, 0.6) is 0 Å². The van der Waals surface area contributed by atoms with Crippen molar-refractivity contribution in [3.63, 3.8) is 0 Å². The van der Waals surface area contributed by atoms with Crippen LogP contribution in [0.3, 0.4) is 0 Å². The first-order valence-corrected chi connectivity index (χ1v) is 5.76. The fourth-order valence-electron chi connectivity index (χ4n) is 1.55. The van der Waals surface area contributed by atoms with E-state index in [-0.39, 0.29) is 5.92 Å². The van der Waals surface area contributed by atoms with Crippen molar-refractivity contribution in [1.29, 1.82) is 0 Å². The van der Waals surface area contributed by atoms with Crippen molar-refractivity contribution in [3.05, 3.63) is 30.1 Å². The maximum atomic E-state index is 10.7. The number of pyridine rings is 1. The standard InChI is InChI=1S/C13H19NO2/c1-4-10(2)12-5-7-14(8-6-12)9-11(3)13(15)16/h5-8,10-11H,4,9H2,1-3H3/p+1. The monoisotopic (exact) mass is 222 g/mol. The zero-order valence-electron chi connectivity index (χ0n) is 10.2. The third kappa shape index (κ3) is 3.33. The van der Waals surface area contributed by atoms with Crippen molar-refractivity contribution >= 4 is 5.97 Å². The average Bonchev–Trinajstić information content (AvgIpc) is 2.28. The van der Waals surface area contributed by atoms with Gasteiger partial charge in [0.05, 0.1) is 0 Å². The summed E-state index contributed by atoms with van der Waals surface area (Å²) in [5.74, 6) is -0.538. The Kier molecular flexibility index (Phi) is 4.47. The first-order chi connectivity index (χ1) is 7.54. The van der Waals surface area contributed by atoms with Gasteiger partial charge in [0.25, 0.3) is 0 Å². The Bertz CT molecular complexity index is 345. The summed E-state index contributed by atoms with van der Waals surface area (Å²) in [5.41, 5.74) is 1.31. The summed E-state index contributed by atoms with van der Waals surface area (Å²) in [5, 5.41) is 8.81. The largest absolute Gasteiger partial charge is 0.481 e. The molecule has 3 heteroatoms. The molecule has 16 heavy (non-hydrogen) atoms. The number of carbonyl (C=O) groups is 1. The van der Waals surface area contributed by atoms with Crippen LogP contribution in [0.1, 0.15) is 38.7 Å². The van der Waals surface area contributed by atoms with Crippen molar-refractivity contribution in [2.24, 2.45) is 5.92 Å². The topological polar surface area (TPSA) is 41.2 Å². The Balaban J connectivity index is 2.68. The molecule has 1 aromatic rings. The lowest BCUT2D eigenvalue weighted by Gasteiger charge is -2.07. The van der Waals surface area contributed by atoms with Crippen LogP contribution < -0.4 is 4.57 Å². The minimum atomic E-state index is -0.751. The fraction of sp³-hybridized carbons (Fsp3) is 0.538. The van der Waals surface area contributed by atoms with E-state index in [4.69, 9.17) is 5.11 Å². The second-order valence-electron chi connectivity index (χ2n) is 4.38. The summed E-state index contributed by atoms with van der Waals surface area (Å²) in [4.78, 5) is 10.7. The average molecular weight is 222 g/mol. The van der Waals surface area contributed by atoms with E-state index in [0.717, 1.165) is 6.42 Å². The van der Waals surface area contributed by atoms with Crippen LogP contribution in [-0.2, 0) is 11.3 Å². The van der Waals surface area contributed by atoms with Crippen molar-refractivity contribution in [1.82, 2.24) is 0 Å². The number of aliphatic carboxylic acids is 1. The third-order valence-corrected chi connectivity index (χ3v) is 3.00. The zero-order chi connectivity index (χ0) is 12.1. The number of rotatable bonds is 5. The molecule has 0 saturated carbocycles. The summed E-state index contributed by atoms with van der Waals surface area (Å²) in [6.45, 7) is 6.60. The van der Waals surface area contributed by atoms with Crippen LogP contribution in [0.4, 0.5) is 0 Å². The molecule has 1 aromatic heterocycles. The van der Waals surface area contributed by atoms with Crippen LogP contribution in [0.15, 0.2) is 24.5 Å². The number of aromatic nitrogens is 1. The van der Waals surface area contributed by atoms with Gasteiger partial charge in [0.2, 0.25) is 0 Å². The lowest BCUT2D eigenvalue weighted by molar-refractivity contribution is -0.701. The van der Waals surface area contributed by atoms with Crippen molar-refractivity contribution < 1.29 is 14.5 Å². The number of hydrogen-bond donors (Lipinski definition) is 1. The molecule has 0 amide bonds. The van der Waals surface area contributed by atoms with Gasteiger partial charge < -0.3 is 5.11 Å². The highest BCUT2D eigenvalue weighted by Gasteiger charge is 2.16. The maximum Gasteiger partial charge on any atom is 0.312 e. The van der Waals surface area contributed by atoms with E-state index in [0.29, 0.717) is 12.5 Å². The lowest BCUT2D eigenvalue weighted by Crippen LogP contribution is -2.38. The molecule has 0 spiro atoms. The molecular formula is C13H20NO2+. The lowest BCUT2D eigenvalue weighted by atomic mass is 10.0. The van der Waals surface area contributed by atoms with E-state index in [2.05, 4.69) is 26.0 Å². The molecule has 2 unspecified atom stereocenters. The number of carboxylic acids is 1. The molecule has 0 bridgehead atoms. The Hall–Kier alpha value is -1.38. The van der Waals surface area contributed by atoms with Gasteiger partial charge in [-0.05, 0) is 24.8 Å². The molecule has 3 nitrogen and oxygen atoms in total. The number of carboxylic acid groups (broad SMARTS) is 1. The summed E-state index contributed by atoms with van der Waals surface area (Å²) in [6.07, 6.45) is 5.04. The van der Waals surface area contributed by atoms with E-state index in [9.17, 15) is 4.79 Å². The SMILES string of the molecule is CCC(C)c1cc[n+](CC(C)C(=O)O)cc1. The molecule has 1 rings (SSSR count). The van der Waals surface area contributed by atoms with Crippen molar-refractivity contribution in [3.8, 4) is 0 Å². The van der Waals surface area contributed by atoms with E-state index in [1.807, 2.05) is 17.0 Å². The smallest absolute Gasteiger partial charge is 0.312 e. The zero-order valence-corrected chi connectivity index (χ0v) is 10.2. The Morgan fingerprint density at radius 3 is 2.38 bits per heavy atom. The van der Waals surface area contributed by atoms with Crippen molar-refractivity contribution in [2.75, 3.05) is 0 Å². The highest BCUT2D eigenvalue weighted by atomic mass is 16.4. The summed E-state index contributed by atoms with van der Waals surface area (Å²) in [6, 6.07) is 4.14. The fourth-order valence-corrected chi connectivity index (χ4v) is 1.55. The van der Waals surface area contributed by atoms with Gasteiger partial charge in [0.15, 0.2) is 18.9 Å². The van der Waals surface area contributed by atoms with Crippen LogP contribution in [0.25, 0.3) is 0 Å². The minimum absolute atomic E-state index is 0.348. The van der Waals surface area contributed by atoms with E-state index in [1.54, 1.807) is 6.92 Å². The molecule has 2 atom stereocenters. The molecule has 0 fully saturated rings. The predicted octanol–water partition coefficient (Wildman–Crippen LogP) is 2.21. The van der Waals surface area contributed by atoms with Gasteiger partial charge in [-0.3, -0.25) is 4.79 Å². The van der Waals surface area contributed by atoms with Gasteiger partial charge in [-0.2, -0.15) is 0 Å². The molecule has 0 aliphatic rings. The van der Waals surface area contributed by atoms with Gasteiger partial charge in [0.1, 0.15) is 5.92 Å². The predicted molar refractivity (Wildman–Crippen MR) is 62.1 cm³/mol. The maximum absolute atomic E-state index is 10.7. The van der Waals surface area contributed by atoms with Gasteiger partial charge in [-0.15, -0.1) is 0 Å². The Labute approximate surface area is 96.7 Å². The van der Waals surface area contributed by atoms with Gasteiger partial charge in [-0.25, -0.2) is 4.57 Å². The van der Waals surface area contributed by atoms with Crippen LogP contribution in [0.2, 0.25) is 0 Å². The second kappa shape index (κ2) is 5.64. The highest BCUT2D eigenvalue weighted by molar-refractivity contribution is 5.69. The molecule has 0 aliphatic carbocycles. The quantitative estimate of drug-likeness (QED) is 0.776. The summed E-state index contributed by atoms with van der Waals surface area (Å²) < 4.78 is 1.92. The van der Waals surface area contributed by atoms with Crippen LogP contribution >= 0.6 is 0 Å². The molecule has 1 N–H and O–H groups in total. The summed E-state index contributed by atoms with van der Waals surface area (Å²) >= 11 is 0. The number of nitrogens with zero attached hydrogens (tertiary/aromatic N) is 1. The molecule has 0 saturated heterocycles. The first kappa shape index (κ1) is 12.7. The Morgan fingerprint density at radius 2 is 1.94 bits per heavy atom. The van der Waals surface area contributed by atoms with E-state index >= 15 is 0 Å². The van der Waals surface area contributed by atoms with Crippen molar-refractivity contribution in [2.45, 2.75) is 39.7 Å². The summed E-state index contributed by atoms with van der Waals surface area (Å²) in [7, 11) is 0. The molecule has 0 aromatic carbocycles. The third-order valence-electron chi connectivity index (χ3n) is 3.00. The minimum Gasteiger partial charge on any atom is -0.481 e. The van der Waals surface area contributed by atoms with E-state index in [1.165, 1.54) is 5.56 Å². The number of hydrogen-bond acceptors (Lipinski definition) is 1. The normalized spacial score (nSPS) is 14.4. The van der Waals surface area contributed by atoms with Gasteiger partial charge >= 0.3 is 5.97 Å². The second-order valence-corrected chi connectivity index (χ2v) is 4.38. The molecule has 0 radical (unpaired) electrons. The van der Waals surface area contributed by atoms with Crippen LogP contribution in [0, 0.1) is 5.92 Å². The van der Waals surface area contributed by atoms with Gasteiger partial charge in [0, 0.05) is 12.1 Å². The van der Waals surface area contributed by atoms with E-state index < -0.39 is 5.97 Å². The molecular weight excluding hydrogens is 202 g/mol. The van der Waals surface area contributed by atoms with Crippen LogP contribution in [-0.4, -0.2) is 11.1 Å². The van der Waals surface area contributed by atoms with Gasteiger partial charge in [-0.1, -0.05) is 13.8 Å². The molecule has 0 aliphatic heterocycles. The first-order valence-electron chi connectivity index (χ1n) is 5.76. The molecule has 1 heterocycles. The molecule has 88 valence electrons. The Morgan fingerprint density at radius 1 is 1.38 bits per heavy atom.